The van der Waals surface area contributed by atoms with Crippen molar-refractivity contribution in [1.29, 1.82) is 0 Å². The van der Waals surface area contributed by atoms with Crippen molar-refractivity contribution >= 4 is 21.6 Å². The van der Waals surface area contributed by atoms with Gasteiger partial charge in [-0.15, -0.1) is 5.10 Å². The first kappa shape index (κ1) is 13.6. The van der Waals surface area contributed by atoms with Crippen molar-refractivity contribution in [3.05, 3.63) is 51.6 Å². The first-order valence-electron chi connectivity index (χ1n) is 5.48. The Bertz CT molecular complexity index is 602. The molecule has 1 aromatic carbocycles. The molecule has 1 aromatic heterocycles. The Hall–Kier alpha value is -1.83. The second kappa shape index (κ2) is 5.87. The summed E-state index contributed by atoms with van der Waals surface area (Å²) in [4.78, 5) is 9.90. The molecule has 8 heteroatoms. The molecule has 19 heavy (non-hydrogen) atoms. The number of hydrogen-bond donors (Lipinski definition) is 0. The van der Waals surface area contributed by atoms with E-state index in [-0.39, 0.29) is 12.1 Å². The number of nitro groups is 1. The van der Waals surface area contributed by atoms with Crippen LogP contribution in [0.25, 0.3) is 0 Å². The molecule has 0 saturated carbocycles. The summed E-state index contributed by atoms with van der Waals surface area (Å²) in [6.07, 6.45) is 2.41. The van der Waals surface area contributed by atoms with Gasteiger partial charge in [-0.2, -0.15) is 4.39 Å². The van der Waals surface area contributed by atoms with E-state index in [2.05, 4.69) is 26.2 Å². The molecule has 2 aromatic rings. The molecule has 2 rings (SSSR count). The fraction of sp³-hybridized carbons (Fsp3) is 0.273. The van der Waals surface area contributed by atoms with E-state index in [1.165, 1.54) is 16.8 Å². The molecule has 0 aliphatic carbocycles. The zero-order chi connectivity index (χ0) is 13.8. The summed E-state index contributed by atoms with van der Waals surface area (Å²) in [5.41, 5.74) is 0.463. The van der Waals surface area contributed by atoms with Gasteiger partial charge in [-0.3, -0.25) is 10.1 Å². The van der Waals surface area contributed by atoms with Gasteiger partial charge in [-0.05, 0) is 0 Å². The second-order valence-corrected chi connectivity index (χ2v) is 4.65. The maximum Gasteiger partial charge on any atom is 0.305 e. The maximum absolute atomic E-state index is 13.9. The molecule has 0 fully saturated rings. The lowest BCUT2D eigenvalue weighted by atomic mass is 10.2. The van der Waals surface area contributed by atoms with Gasteiger partial charge < -0.3 is 0 Å². The van der Waals surface area contributed by atoms with Gasteiger partial charge in [0.2, 0.25) is 5.82 Å². The number of aryl methyl sites for hydroxylation is 1. The van der Waals surface area contributed by atoms with Crippen molar-refractivity contribution in [2.24, 2.45) is 0 Å². The van der Waals surface area contributed by atoms with E-state index in [0.29, 0.717) is 0 Å². The topological polar surface area (TPSA) is 73.8 Å². The third-order valence-electron chi connectivity index (χ3n) is 2.52. The molecule has 0 aliphatic heterocycles. The Kier molecular flexibility index (Phi) is 4.20. The van der Waals surface area contributed by atoms with Gasteiger partial charge in [0, 0.05) is 29.6 Å². The summed E-state index contributed by atoms with van der Waals surface area (Å²) in [6.45, 7) is 0.114. The normalized spacial score (nSPS) is 10.6. The molecule has 100 valence electrons. The molecule has 6 nitrogen and oxygen atoms in total. The van der Waals surface area contributed by atoms with Gasteiger partial charge in [0.1, 0.15) is 0 Å². The quantitative estimate of drug-likeness (QED) is 0.479. The molecule has 0 unspecified atom stereocenters. The first-order chi connectivity index (χ1) is 9.11. The lowest BCUT2D eigenvalue weighted by Gasteiger charge is -2.03. The highest BCUT2D eigenvalue weighted by Gasteiger charge is 2.17. The Morgan fingerprint density at radius 2 is 2.26 bits per heavy atom. The standard InChI is InChI=1S/C11H10BrFN4O2/c12-5-4-9-7-16(15-14-9)6-8-2-1-3-10(11(8)13)17(18)19/h1-3,7H,4-6H2. The Morgan fingerprint density at radius 3 is 2.95 bits per heavy atom. The molecule has 0 atom stereocenters. The zero-order valence-electron chi connectivity index (χ0n) is 9.79. The molecular weight excluding hydrogens is 319 g/mol. The van der Waals surface area contributed by atoms with Crippen LogP contribution in [0.1, 0.15) is 11.3 Å². The smallest absolute Gasteiger partial charge is 0.258 e. The summed E-state index contributed by atoms with van der Waals surface area (Å²) in [5, 5.41) is 19.2. The number of nitro benzene ring substituents is 1. The number of halogens is 2. The van der Waals surface area contributed by atoms with Crippen molar-refractivity contribution in [2.45, 2.75) is 13.0 Å². The average molecular weight is 329 g/mol. The molecule has 1 heterocycles. The molecule has 0 spiro atoms. The Balaban J connectivity index is 2.23. The van der Waals surface area contributed by atoms with E-state index in [9.17, 15) is 14.5 Å². The van der Waals surface area contributed by atoms with Crippen molar-refractivity contribution in [2.75, 3.05) is 5.33 Å². The molecule has 0 aliphatic rings. The van der Waals surface area contributed by atoms with E-state index in [1.54, 1.807) is 6.20 Å². The molecule has 0 amide bonds. The van der Waals surface area contributed by atoms with Crippen LogP contribution in [0, 0.1) is 15.9 Å². The number of rotatable bonds is 5. The highest BCUT2D eigenvalue weighted by molar-refractivity contribution is 9.09. The van der Waals surface area contributed by atoms with E-state index < -0.39 is 16.4 Å². The minimum Gasteiger partial charge on any atom is -0.258 e. The van der Waals surface area contributed by atoms with E-state index >= 15 is 0 Å². The van der Waals surface area contributed by atoms with Crippen LogP contribution in [0.5, 0.6) is 0 Å². The monoisotopic (exact) mass is 328 g/mol. The summed E-state index contributed by atoms with van der Waals surface area (Å²) in [7, 11) is 0. The minimum atomic E-state index is -0.829. The predicted molar refractivity (Wildman–Crippen MR) is 69.7 cm³/mol. The summed E-state index contributed by atoms with van der Waals surface area (Å²) >= 11 is 3.29. The van der Waals surface area contributed by atoms with E-state index in [4.69, 9.17) is 0 Å². The fourth-order valence-electron chi connectivity index (χ4n) is 1.63. The first-order valence-corrected chi connectivity index (χ1v) is 6.60. The average Bonchev–Trinajstić information content (AvgIpc) is 2.79. The van der Waals surface area contributed by atoms with Gasteiger partial charge in [-0.25, -0.2) is 4.68 Å². The van der Waals surface area contributed by atoms with Gasteiger partial charge in [-0.1, -0.05) is 33.3 Å². The highest BCUT2D eigenvalue weighted by Crippen LogP contribution is 2.20. The van der Waals surface area contributed by atoms with Crippen molar-refractivity contribution in [1.82, 2.24) is 15.0 Å². The lowest BCUT2D eigenvalue weighted by molar-refractivity contribution is -0.387. The van der Waals surface area contributed by atoms with E-state index in [0.717, 1.165) is 23.5 Å². The summed E-state index contributed by atoms with van der Waals surface area (Å²) in [5.74, 6) is -0.829. The van der Waals surface area contributed by atoms with Crippen LogP contribution in [-0.2, 0) is 13.0 Å². The van der Waals surface area contributed by atoms with Crippen LogP contribution in [0.2, 0.25) is 0 Å². The zero-order valence-corrected chi connectivity index (χ0v) is 11.4. The van der Waals surface area contributed by atoms with Gasteiger partial charge in [0.05, 0.1) is 17.2 Å². The second-order valence-electron chi connectivity index (χ2n) is 3.85. The Labute approximate surface area is 116 Å². The highest BCUT2D eigenvalue weighted by atomic mass is 79.9. The number of nitrogens with zero attached hydrogens (tertiary/aromatic N) is 4. The van der Waals surface area contributed by atoms with Crippen LogP contribution in [0.4, 0.5) is 10.1 Å². The van der Waals surface area contributed by atoms with Gasteiger partial charge in [0.25, 0.3) is 0 Å². The molecule has 0 N–H and O–H groups in total. The molecule has 0 saturated heterocycles. The predicted octanol–water partition coefficient (Wildman–Crippen LogP) is 2.31. The van der Waals surface area contributed by atoms with E-state index in [1.807, 2.05) is 0 Å². The van der Waals surface area contributed by atoms with Gasteiger partial charge in [0.15, 0.2) is 0 Å². The molecule has 0 bridgehead atoms. The summed E-state index contributed by atoms with van der Waals surface area (Å²) < 4.78 is 15.3. The van der Waals surface area contributed by atoms with Crippen molar-refractivity contribution in [3.63, 3.8) is 0 Å². The van der Waals surface area contributed by atoms with Crippen LogP contribution in [-0.4, -0.2) is 25.2 Å². The van der Waals surface area contributed by atoms with Gasteiger partial charge >= 0.3 is 5.69 Å². The number of hydrogen-bond acceptors (Lipinski definition) is 4. The third kappa shape index (κ3) is 3.14. The van der Waals surface area contributed by atoms with Crippen LogP contribution in [0.15, 0.2) is 24.4 Å². The minimum absolute atomic E-state index is 0.114. The Morgan fingerprint density at radius 1 is 1.47 bits per heavy atom. The SMILES string of the molecule is O=[N+]([O-])c1cccc(Cn2cc(CCBr)nn2)c1F. The largest absolute Gasteiger partial charge is 0.305 e. The number of benzene rings is 1. The van der Waals surface area contributed by atoms with Crippen LogP contribution in [0.3, 0.4) is 0 Å². The number of alkyl halides is 1. The van der Waals surface area contributed by atoms with Crippen molar-refractivity contribution < 1.29 is 9.31 Å². The third-order valence-corrected chi connectivity index (χ3v) is 2.92. The lowest BCUT2D eigenvalue weighted by Crippen LogP contribution is -2.04. The number of aromatic nitrogens is 3. The van der Waals surface area contributed by atoms with Crippen molar-refractivity contribution in [3.8, 4) is 0 Å². The maximum atomic E-state index is 13.9. The fourth-order valence-corrected chi connectivity index (χ4v) is 2.04. The summed E-state index contributed by atoms with van der Waals surface area (Å²) in [6, 6.07) is 4.08. The van der Waals surface area contributed by atoms with Crippen LogP contribution >= 0.6 is 15.9 Å². The van der Waals surface area contributed by atoms with Crippen LogP contribution < -0.4 is 0 Å². The molecule has 0 radical (unpaired) electrons. The molecular formula is C11H10BrFN4O2.